The van der Waals surface area contributed by atoms with Crippen LogP contribution in [0.3, 0.4) is 0 Å². The summed E-state index contributed by atoms with van der Waals surface area (Å²) in [6, 6.07) is 0. The summed E-state index contributed by atoms with van der Waals surface area (Å²) < 4.78 is 0. The van der Waals surface area contributed by atoms with Crippen molar-refractivity contribution in [3.63, 3.8) is 0 Å². The number of hydrogen-bond donors (Lipinski definition) is 0. The minimum atomic E-state index is -0.196. The maximum atomic E-state index is 11.3. The van der Waals surface area contributed by atoms with Crippen molar-refractivity contribution in [1.82, 2.24) is 0 Å². The number of ketones is 1. The predicted octanol–water partition coefficient (Wildman–Crippen LogP) is 2.32. The van der Waals surface area contributed by atoms with Crippen LogP contribution in [0.1, 0.15) is 32.6 Å². The van der Waals surface area contributed by atoms with E-state index in [4.69, 9.17) is 0 Å². The SMILES string of the molecule is C=CC1(C)CCCCC1=O. The molecule has 0 aliphatic heterocycles. The topological polar surface area (TPSA) is 17.1 Å². The molecule has 1 saturated carbocycles. The molecule has 0 aromatic rings. The van der Waals surface area contributed by atoms with E-state index in [2.05, 4.69) is 6.58 Å². The summed E-state index contributed by atoms with van der Waals surface area (Å²) in [7, 11) is 0. The number of allylic oxidation sites excluding steroid dienone is 1. The average Bonchev–Trinajstić information content (AvgIpc) is 1.96. The number of rotatable bonds is 1. The molecular formula is C9H14O. The van der Waals surface area contributed by atoms with Crippen molar-refractivity contribution in [1.29, 1.82) is 0 Å². The third kappa shape index (κ3) is 1.13. The summed E-state index contributed by atoms with van der Waals surface area (Å²) in [6.45, 7) is 5.67. The molecule has 1 heteroatoms. The first-order valence-electron chi connectivity index (χ1n) is 3.86. The van der Waals surface area contributed by atoms with E-state index >= 15 is 0 Å². The molecule has 0 N–H and O–H groups in total. The third-order valence-corrected chi connectivity index (χ3v) is 2.44. The highest BCUT2D eigenvalue weighted by atomic mass is 16.1. The minimum Gasteiger partial charge on any atom is -0.299 e. The Kier molecular flexibility index (Phi) is 1.93. The first-order chi connectivity index (χ1) is 4.69. The van der Waals surface area contributed by atoms with Crippen LogP contribution in [0.25, 0.3) is 0 Å². The van der Waals surface area contributed by atoms with Gasteiger partial charge in [-0.3, -0.25) is 4.79 Å². The highest BCUT2D eigenvalue weighted by Crippen LogP contribution is 2.33. The Balaban J connectivity index is 2.72. The molecular weight excluding hydrogens is 124 g/mol. The molecule has 0 bridgehead atoms. The van der Waals surface area contributed by atoms with Gasteiger partial charge in [-0.25, -0.2) is 0 Å². The number of Topliss-reactive ketones (excluding diaryl/α,β-unsaturated/α-hetero) is 1. The van der Waals surface area contributed by atoms with Crippen molar-refractivity contribution in [2.24, 2.45) is 5.41 Å². The van der Waals surface area contributed by atoms with E-state index < -0.39 is 0 Å². The summed E-state index contributed by atoms with van der Waals surface area (Å²) in [4.78, 5) is 11.3. The molecule has 1 aliphatic carbocycles. The summed E-state index contributed by atoms with van der Waals surface area (Å²) in [5.41, 5.74) is -0.196. The molecule has 0 heterocycles. The molecule has 56 valence electrons. The van der Waals surface area contributed by atoms with Gasteiger partial charge in [-0.1, -0.05) is 12.5 Å². The van der Waals surface area contributed by atoms with E-state index in [-0.39, 0.29) is 5.41 Å². The Morgan fingerprint density at radius 3 is 2.70 bits per heavy atom. The molecule has 10 heavy (non-hydrogen) atoms. The molecule has 1 rings (SSSR count). The van der Waals surface area contributed by atoms with Crippen LogP contribution >= 0.6 is 0 Å². The zero-order chi connectivity index (χ0) is 7.61. The molecule has 0 saturated heterocycles. The van der Waals surface area contributed by atoms with Gasteiger partial charge < -0.3 is 0 Å². The highest BCUT2D eigenvalue weighted by Gasteiger charge is 2.31. The van der Waals surface area contributed by atoms with Crippen LogP contribution in [-0.2, 0) is 4.79 Å². The molecule has 0 radical (unpaired) electrons. The average molecular weight is 138 g/mol. The van der Waals surface area contributed by atoms with Crippen LogP contribution in [0.2, 0.25) is 0 Å². The monoisotopic (exact) mass is 138 g/mol. The fourth-order valence-corrected chi connectivity index (χ4v) is 1.42. The normalized spacial score (nSPS) is 33.9. The van der Waals surface area contributed by atoms with Crippen LogP contribution < -0.4 is 0 Å². The molecule has 0 amide bonds. The van der Waals surface area contributed by atoms with Gasteiger partial charge in [-0.2, -0.15) is 0 Å². The van der Waals surface area contributed by atoms with Gasteiger partial charge in [0.15, 0.2) is 0 Å². The number of hydrogen-bond acceptors (Lipinski definition) is 1. The summed E-state index contributed by atoms with van der Waals surface area (Å²) >= 11 is 0. The lowest BCUT2D eigenvalue weighted by Crippen LogP contribution is -2.28. The molecule has 1 nitrogen and oxygen atoms in total. The van der Waals surface area contributed by atoms with Gasteiger partial charge in [0.1, 0.15) is 5.78 Å². The lowest BCUT2D eigenvalue weighted by atomic mass is 9.75. The Morgan fingerprint density at radius 2 is 2.30 bits per heavy atom. The zero-order valence-electron chi connectivity index (χ0n) is 6.52. The summed E-state index contributed by atoms with van der Waals surface area (Å²) in [5, 5.41) is 0. The van der Waals surface area contributed by atoms with E-state index in [0.717, 1.165) is 19.3 Å². The van der Waals surface area contributed by atoms with Crippen molar-refractivity contribution < 1.29 is 4.79 Å². The molecule has 0 aromatic carbocycles. The second kappa shape index (κ2) is 2.57. The van der Waals surface area contributed by atoms with Crippen molar-refractivity contribution in [2.45, 2.75) is 32.6 Å². The largest absolute Gasteiger partial charge is 0.299 e. The van der Waals surface area contributed by atoms with Gasteiger partial charge in [0.2, 0.25) is 0 Å². The zero-order valence-corrected chi connectivity index (χ0v) is 6.52. The van der Waals surface area contributed by atoms with Crippen LogP contribution in [0.4, 0.5) is 0 Å². The van der Waals surface area contributed by atoms with E-state index in [1.165, 1.54) is 6.42 Å². The van der Waals surface area contributed by atoms with Gasteiger partial charge in [0.05, 0.1) is 0 Å². The fraction of sp³-hybridized carbons (Fsp3) is 0.667. The van der Waals surface area contributed by atoms with E-state index in [1.54, 1.807) is 6.08 Å². The lowest BCUT2D eigenvalue weighted by Gasteiger charge is -2.28. The van der Waals surface area contributed by atoms with Gasteiger partial charge >= 0.3 is 0 Å². The molecule has 1 unspecified atom stereocenters. The van der Waals surface area contributed by atoms with Crippen LogP contribution in [-0.4, -0.2) is 5.78 Å². The highest BCUT2D eigenvalue weighted by molar-refractivity contribution is 5.86. The fourth-order valence-electron chi connectivity index (χ4n) is 1.42. The number of carbonyl (C=O) groups is 1. The Morgan fingerprint density at radius 1 is 1.60 bits per heavy atom. The smallest absolute Gasteiger partial charge is 0.142 e. The van der Waals surface area contributed by atoms with E-state index in [9.17, 15) is 4.79 Å². The lowest BCUT2D eigenvalue weighted by molar-refractivity contribution is -0.127. The summed E-state index contributed by atoms with van der Waals surface area (Å²) in [6.07, 6.45) is 5.79. The molecule has 0 spiro atoms. The molecule has 1 fully saturated rings. The van der Waals surface area contributed by atoms with Gasteiger partial charge in [-0.15, -0.1) is 6.58 Å². The Labute approximate surface area is 62.1 Å². The van der Waals surface area contributed by atoms with Crippen LogP contribution in [0.15, 0.2) is 12.7 Å². The molecule has 0 aromatic heterocycles. The van der Waals surface area contributed by atoms with Gasteiger partial charge in [-0.05, 0) is 19.8 Å². The standard InChI is InChI=1S/C9H14O/c1-3-9(2)7-5-4-6-8(9)10/h3H,1,4-7H2,2H3. The molecule has 1 atom stereocenters. The first-order valence-corrected chi connectivity index (χ1v) is 3.86. The second-order valence-electron chi connectivity index (χ2n) is 3.25. The predicted molar refractivity (Wildman–Crippen MR) is 41.8 cm³/mol. The maximum absolute atomic E-state index is 11.3. The Hall–Kier alpha value is -0.590. The quantitative estimate of drug-likeness (QED) is 0.508. The van der Waals surface area contributed by atoms with Crippen molar-refractivity contribution in [3.05, 3.63) is 12.7 Å². The van der Waals surface area contributed by atoms with Gasteiger partial charge in [0.25, 0.3) is 0 Å². The minimum absolute atomic E-state index is 0.196. The first kappa shape index (κ1) is 7.52. The van der Waals surface area contributed by atoms with Crippen LogP contribution in [0.5, 0.6) is 0 Å². The van der Waals surface area contributed by atoms with Crippen molar-refractivity contribution >= 4 is 5.78 Å². The van der Waals surface area contributed by atoms with Crippen LogP contribution in [0, 0.1) is 5.41 Å². The molecule has 1 aliphatic rings. The maximum Gasteiger partial charge on any atom is 0.142 e. The van der Waals surface area contributed by atoms with Crippen molar-refractivity contribution in [3.8, 4) is 0 Å². The third-order valence-electron chi connectivity index (χ3n) is 2.44. The summed E-state index contributed by atoms with van der Waals surface area (Å²) in [5.74, 6) is 0.369. The van der Waals surface area contributed by atoms with Gasteiger partial charge in [0, 0.05) is 11.8 Å². The van der Waals surface area contributed by atoms with Crippen molar-refractivity contribution in [2.75, 3.05) is 0 Å². The number of carbonyl (C=O) groups excluding carboxylic acids is 1. The Bertz CT molecular complexity index is 160. The second-order valence-corrected chi connectivity index (χ2v) is 3.25. The van der Waals surface area contributed by atoms with E-state index in [0.29, 0.717) is 5.78 Å². The van der Waals surface area contributed by atoms with E-state index in [1.807, 2.05) is 6.92 Å².